The van der Waals surface area contributed by atoms with Gasteiger partial charge in [-0.25, -0.2) is 9.82 Å². The predicted molar refractivity (Wildman–Crippen MR) is 70.2 cm³/mol. The molecule has 1 heterocycles. The summed E-state index contributed by atoms with van der Waals surface area (Å²) in [5.74, 6) is 0.398. The highest BCUT2D eigenvalue weighted by Gasteiger charge is 2.25. The van der Waals surface area contributed by atoms with Gasteiger partial charge in [-0.05, 0) is 13.0 Å². The van der Waals surface area contributed by atoms with Crippen molar-refractivity contribution in [1.82, 2.24) is 9.55 Å². The van der Waals surface area contributed by atoms with Crippen LogP contribution in [0.4, 0.5) is 5.69 Å². The summed E-state index contributed by atoms with van der Waals surface area (Å²) < 4.78 is 6.79. The monoisotopic (exact) mass is 282 g/mol. The fourth-order valence-electron chi connectivity index (χ4n) is 1.69. The van der Waals surface area contributed by atoms with Crippen LogP contribution in [0.3, 0.4) is 0 Å². The van der Waals surface area contributed by atoms with Crippen molar-refractivity contribution in [3.63, 3.8) is 0 Å². The molecule has 100 valence electrons. The molecule has 0 saturated carbocycles. The van der Waals surface area contributed by atoms with Gasteiger partial charge in [0.15, 0.2) is 7.11 Å². The lowest BCUT2D eigenvalue weighted by Crippen LogP contribution is -2.04. The van der Waals surface area contributed by atoms with E-state index in [1.165, 1.54) is 20.3 Å². The number of benzene rings is 1. The largest absolute Gasteiger partial charge is 0.495 e. The lowest BCUT2D eigenvalue weighted by molar-refractivity contribution is -0.736. The van der Waals surface area contributed by atoms with E-state index in [2.05, 4.69) is 9.82 Å². The minimum Gasteiger partial charge on any atom is -0.495 e. The van der Waals surface area contributed by atoms with Crippen LogP contribution in [-0.2, 0) is 4.84 Å². The molecule has 0 saturated heterocycles. The van der Waals surface area contributed by atoms with Gasteiger partial charge in [-0.2, -0.15) is 0 Å². The normalized spacial score (nSPS) is 10.3. The number of aryl methyl sites for hydroxylation is 1. The van der Waals surface area contributed by atoms with E-state index in [9.17, 15) is 4.91 Å². The highest BCUT2D eigenvalue weighted by Crippen LogP contribution is 2.34. The highest BCUT2D eigenvalue weighted by atomic mass is 35.5. The minimum atomic E-state index is 0.279. The maximum atomic E-state index is 11.8. The van der Waals surface area contributed by atoms with Gasteiger partial charge in [0.2, 0.25) is 0 Å². The van der Waals surface area contributed by atoms with E-state index in [0.717, 1.165) is 5.69 Å². The summed E-state index contributed by atoms with van der Waals surface area (Å²) in [5, 5.41) is 0.400. The van der Waals surface area contributed by atoms with Crippen molar-refractivity contribution >= 4 is 17.3 Å². The summed E-state index contributed by atoms with van der Waals surface area (Å²) in [6, 6.07) is 3.14. The number of imidazole rings is 1. The molecule has 19 heavy (non-hydrogen) atoms. The summed E-state index contributed by atoms with van der Waals surface area (Å²) in [6.07, 6.45) is 3.38. The third kappa shape index (κ3) is 2.53. The molecule has 0 atom stereocenters. The number of halogens is 1. The Morgan fingerprint density at radius 1 is 1.37 bits per heavy atom. The van der Waals surface area contributed by atoms with Crippen molar-refractivity contribution in [3.05, 3.63) is 40.3 Å². The van der Waals surface area contributed by atoms with Crippen LogP contribution in [0.2, 0.25) is 5.02 Å². The molecule has 0 aliphatic heterocycles. The number of hydrogen-bond acceptors (Lipinski definition) is 4. The van der Waals surface area contributed by atoms with Gasteiger partial charge >= 0.3 is 5.69 Å². The second kappa shape index (κ2) is 5.27. The van der Waals surface area contributed by atoms with Gasteiger partial charge in [0.25, 0.3) is 4.92 Å². The molecular weight excluding hydrogens is 270 g/mol. The summed E-state index contributed by atoms with van der Waals surface area (Å²) in [5.41, 5.74) is 1.66. The Morgan fingerprint density at radius 3 is 2.63 bits per heavy atom. The molecule has 0 unspecified atom stereocenters. The average Bonchev–Trinajstić information content (AvgIpc) is 2.84. The first-order valence-electron chi connectivity index (χ1n) is 5.46. The first kappa shape index (κ1) is 13.4. The quantitative estimate of drug-likeness (QED) is 0.809. The van der Waals surface area contributed by atoms with Crippen LogP contribution < -0.4 is 4.74 Å². The standard InChI is InChI=1S/C12H13ClN3O3/c1-8-6-15(7-14-8)10-4-9(13)12(18-2)5-11(10)16(17)19-3/h4-7H,1-3H3/q+1. The molecule has 0 bridgehead atoms. The lowest BCUT2D eigenvalue weighted by atomic mass is 10.2. The topological polar surface area (TPSA) is 56.4 Å². The Hall–Kier alpha value is -2.08. The molecule has 1 aromatic heterocycles. The maximum Gasteiger partial charge on any atom is 0.344 e. The molecular formula is C12H13ClN3O3+. The Morgan fingerprint density at radius 2 is 2.11 bits per heavy atom. The third-order valence-electron chi connectivity index (χ3n) is 2.60. The average molecular weight is 283 g/mol. The number of rotatable bonds is 4. The molecule has 2 aromatic rings. The SMILES string of the molecule is COc1cc([N+](=O)OC)c(-n2cnc(C)c2)cc1Cl. The Bertz CT molecular complexity index is 625. The number of aromatic nitrogens is 2. The van der Waals surface area contributed by atoms with Crippen molar-refractivity contribution in [2.45, 2.75) is 6.92 Å². The van der Waals surface area contributed by atoms with Crippen LogP contribution >= 0.6 is 11.6 Å². The number of hydrogen-bond donors (Lipinski definition) is 0. The van der Waals surface area contributed by atoms with Gasteiger partial charge in [0.05, 0.1) is 35.1 Å². The molecule has 1 aromatic carbocycles. The molecule has 0 spiro atoms. The van der Waals surface area contributed by atoms with Crippen molar-refractivity contribution in [2.24, 2.45) is 0 Å². The van der Waals surface area contributed by atoms with Gasteiger partial charge in [-0.1, -0.05) is 11.6 Å². The van der Waals surface area contributed by atoms with Crippen LogP contribution in [0.15, 0.2) is 24.7 Å². The lowest BCUT2D eigenvalue weighted by Gasteiger charge is -2.06. The van der Waals surface area contributed by atoms with E-state index in [1.807, 2.05) is 6.92 Å². The second-order valence-electron chi connectivity index (χ2n) is 3.84. The fourth-order valence-corrected chi connectivity index (χ4v) is 1.93. The van der Waals surface area contributed by atoms with Crippen molar-refractivity contribution in [3.8, 4) is 11.4 Å². The van der Waals surface area contributed by atoms with Crippen LogP contribution in [-0.4, -0.2) is 28.7 Å². The van der Waals surface area contributed by atoms with Gasteiger partial charge in [0.1, 0.15) is 11.4 Å². The molecule has 0 amide bonds. The second-order valence-corrected chi connectivity index (χ2v) is 4.24. The molecule has 2 rings (SSSR count). The van der Waals surface area contributed by atoms with Crippen LogP contribution in [0.5, 0.6) is 5.75 Å². The fraction of sp³-hybridized carbons (Fsp3) is 0.250. The van der Waals surface area contributed by atoms with Crippen LogP contribution in [0.1, 0.15) is 5.69 Å². The van der Waals surface area contributed by atoms with Gasteiger partial charge < -0.3 is 4.74 Å². The Kier molecular flexibility index (Phi) is 3.71. The predicted octanol–water partition coefficient (Wildman–Crippen LogP) is 2.81. The Balaban J connectivity index is 2.64. The van der Waals surface area contributed by atoms with Gasteiger partial charge in [-0.3, -0.25) is 4.57 Å². The van der Waals surface area contributed by atoms with E-state index in [0.29, 0.717) is 21.4 Å². The Labute approximate surface area is 115 Å². The molecule has 0 N–H and O–H groups in total. The van der Waals surface area contributed by atoms with E-state index in [4.69, 9.17) is 16.3 Å². The first-order chi connectivity index (χ1) is 9.06. The molecule has 0 fully saturated rings. The van der Waals surface area contributed by atoms with Crippen molar-refractivity contribution < 1.29 is 14.5 Å². The zero-order valence-electron chi connectivity index (χ0n) is 10.8. The number of ether oxygens (including phenoxy) is 1. The molecule has 0 aliphatic carbocycles. The van der Waals surface area contributed by atoms with E-state index in [-0.39, 0.29) is 5.69 Å². The summed E-state index contributed by atoms with van der Waals surface area (Å²) in [7, 11) is 2.77. The zero-order valence-corrected chi connectivity index (χ0v) is 11.5. The molecule has 7 heteroatoms. The van der Waals surface area contributed by atoms with Crippen LogP contribution in [0.25, 0.3) is 5.69 Å². The molecule has 6 nitrogen and oxygen atoms in total. The van der Waals surface area contributed by atoms with E-state index >= 15 is 0 Å². The zero-order chi connectivity index (χ0) is 14.0. The number of nitrogens with zero attached hydrogens (tertiary/aromatic N) is 3. The van der Waals surface area contributed by atoms with Crippen molar-refractivity contribution in [1.29, 1.82) is 0 Å². The maximum absolute atomic E-state index is 11.8. The minimum absolute atomic E-state index is 0.279. The summed E-state index contributed by atoms with van der Waals surface area (Å²) in [6.45, 7) is 1.85. The van der Waals surface area contributed by atoms with Gasteiger partial charge in [-0.15, -0.1) is 0 Å². The highest BCUT2D eigenvalue weighted by molar-refractivity contribution is 6.32. The smallest absolute Gasteiger partial charge is 0.344 e. The van der Waals surface area contributed by atoms with E-state index in [1.54, 1.807) is 23.2 Å². The summed E-state index contributed by atoms with van der Waals surface area (Å²) in [4.78, 5) is 21.0. The van der Waals surface area contributed by atoms with E-state index < -0.39 is 0 Å². The molecule has 0 aliphatic rings. The first-order valence-corrected chi connectivity index (χ1v) is 5.84. The van der Waals surface area contributed by atoms with Crippen LogP contribution in [0, 0.1) is 11.8 Å². The van der Waals surface area contributed by atoms with Crippen molar-refractivity contribution in [2.75, 3.05) is 14.2 Å². The molecule has 0 radical (unpaired) electrons. The number of methoxy groups -OCH3 is 1. The van der Waals surface area contributed by atoms with Gasteiger partial charge in [0, 0.05) is 6.20 Å². The third-order valence-corrected chi connectivity index (χ3v) is 2.90. The summed E-state index contributed by atoms with van der Waals surface area (Å²) >= 11 is 6.09.